The fourth-order valence-corrected chi connectivity index (χ4v) is 5.41. The van der Waals surface area contributed by atoms with Gasteiger partial charge >= 0.3 is 0 Å². The van der Waals surface area contributed by atoms with Gasteiger partial charge in [-0.25, -0.2) is 0 Å². The first kappa shape index (κ1) is 29.9. The summed E-state index contributed by atoms with van der Waals surface area (Å²) in [6.07, 6.45) is 2.03. The Morgan fingerprint density at radius 2 is 1.50 bits per heavy atom. The number of carbonyl (C=O) groups excluding carboxylic acids is 4. The van der Waals surface area contributed by atoms with E-state index in [1.165, 1.54) is 47.0 Å². The smallest absolute Gasteiger partial charge is 0.272 e. The topological polar surface area (TPSA) is 139 Å². The van der Waals surface area contributed by atoms with Crippen molar-refractivity contribution in [2.75, 3.05) is 17.6 Å². The summed E-state index contributed by atoms with van der Waals surface area (Å²) in [4.78, 5) is 64.0. The minimum Gasteiger partial charge on any atom is -0.321 e. The van der Waals surface area contributed by atoms with Crippen LogP contribution in [0.15, 0.2) is 114 Å². The van der Waals surface area contributed by atoms with Crippen molar-refractivity contribution in [1.82, 2.24) is 10.2 Å². The monoisotopic (exact) mass is 606 g/mol. The van der Waals surface area contributed by atoms with Crippen LogP contribution in [-0.2, 0) is 4.79 Å². The summed E-state index contributed by atoms with van der Waals surface area (Å²) in [6.45, 7) is 0.299. The lowest BCUT2D eigenvalue weighted by Crippen LogP contribution is -2.31. The number of amides is 4. The van der Waals surface area contributed by atoms with Crippen molar-refractivity contribution in [2.45, 2.75) is 11.3 Å². The van der Waals surface area contributed by atoms with Crippen LogP contribution in [0.5, 0.6) is 0 Å². The highest BCUT2D eigenvalue weighted by Crippen LogP contribution is 2.25. The van der Waals surface area contributed by atoms with E-state index >= 15 is 0 Å². The lowest BCUT2D eigenvalue weighted by Gasteiger charge is -2.14. The predicted molar refractivity (Wildman–Crippen MR) is 167 cm³/mol. The van der Waals surface area contributed by atoms with Gasteiger partial charge in [-0.1, -0.05) is 36.4 Å². The van der Waals surface area contributed by atoms with Gasteiger partial charge in [0.05, 0.1) is 16.1 Å². The number of nitrogens with one attached hydrogen (secondary N) is 2. The highest BCUT2D eigenvalue weighted by molar-refractivity contribution is 7.99. The van der Waals surface area contributed by atoms with Gasteiger partial charge in [0.25, 0.3) is 29.3 Å². The van der Waals surface area contributed by atoms with Crippen molar-refractivity contribution in [1.29, 1.82) is 0 Å². The zero-order valence-electron chi connectivity index (χ0n) is 23.3. The molecular formula is C33H26N4O6S. The van der Waals surface area contributed by atoms with Gasteiger partial charge in [0, 0.05) is 34.8 Å². The summed E-state index contributed by atoms with van der Waals surface area (Å²) in [5.74, 6) is -1.00. The van der Waals surface area contributed by atoms with Gasteiger partial charge in [-0.05, 0) is 78.4 Å². The molecule has 0 spiro atoms. The van der Waals surface area contributed by atoms with Crippen molar-refractivity contribution in [2.24, 2.45) is 0 Å². The first-order valence-corrected chi connectivity index (χ1v) is 14.6. The number of carbonyl (C=O) groups is 4. The van der Waals surface area contributed by atoms with E-state index < -0.39 is 16.7 Å². The van der Waals surface area contributed by atoms with Gasteiger partial charge in [-0.3, -0.25) is 34.2 Å². The van der Waals surface area contributed by atoms with Crippen LogP contribution < -0.4 is 10.6 Å². The molecule has 4 amide bonds. The third-order valence-corrected chi connectivity index (χ3v) is 7.79. The Labute approximate surface area is 256 Å². The molecule has 1 aliphatic rings. The molecule has 4 aromatic rings. The fraction of sp³-hybridized carbons (Fsp3) is 0.0909. The number of nitro benzene ring substituents is 1. The minimum atomic E-state index is -0.583. The van der Waals surface area contributed by atoms with Gasteiger partial charge in [0.2, 0.25) is 0 Å². The number of hydrogen-bond acceptors (Lipinski definition) is 7. The summed E-state index contributed by atoms with van der Waals surface area (Å²) < 4.78 is 0. The molecular weight excluding hydrogens is 580 g/mol. The first-order chi connectivity index (χ1) is 21.3. The number of thioether (sulfide) groups is 1. The van der Waals surface area contributed by atoms with Gasteiger partial charge < -0.3 is 10.6 Å². The summed E-state index contributed by atoms with van der Waals surface area (Å²) in [5, 5.41) is 16.5. The quantitative estimate of drug-likeness (QED) is 0.0551. The van der Waals surface area contributed by atoms with Crippen LogP contribution in [0.3, 0.4) is 0 Å². The van der Waals surface area contributed by atoms with Crippen LogP contribution in [-0.4, -0.2) is 45.7 Å². The highest BCUT2D eigenvalue weighted by atomic mass is 32.2. The zero-order chi connectivity index (χ0) is 31.1. The summed E-state index contributed by atoms with van der Waals surface area (Å²) >= 11 is 1.51. The average Bonchev–Trinajstić information content (AvgIpc) is 3.28. The molecule has 0 fully saturated rings. The first-order valence-electron chi connectivity index (χ1n) is 13.6. The van der Waals surface area contributed by atoms with Crippen molar-refractivity contribution in [3.05, 3.63) is 141 Å². The molecule has 4 aromatic carbocycles. The Hall–Kier alpha value is -5.55. The number of hydrogen-bond donors (Lipinski definition) is 2. The largest absolute Gasteiger partial charge is 0.321 e. The van der Waals surface area contributed by atoms with Gasteiger partial charge in [0.1, 0.15) is 5.70 Å². The van der Waals surface area contributed by atoms with Crippen LogP contribution in [0.25, 0.3) is 6.08 Å². The SMILES string of the molecule is O=C(Nc1cccc(SCCCN2C(=O)c3ccccc3C2=O)c1)/C(=C\c1ccc([N+](=O)[O-])cc1)NC(=O)c1ccccc1. The maximum atomic E-state index is 13.4. The predicted octanol–water partition coefficient (Wildman–Crippen LogP) is 5.78. The van der Waals surface area contributed by atoms with E-state index in [-0.39, 0.29) is 23.2 Å². The summed E-state index contributed by atoms with van der Waals surface area (Å²) in [6, 6.07) is 28.0. The average molecular weight is 607 g/mol. The number of non-ortho nitro benzene ring substituents is 1. The Kier molecular flexibility index (Phi) is 9.26. The van der Waals surface area contributed by atoms with Gasteiger partial charge in [-0.15, -0.1) is 11.8 Å². The molecule has 1 heterocycles. The van der Waals surface area contributed by atoms with E-state index in [1.54, 1.807) is 72.8 Å². The Morgan fingerprint density at radius 1 is 0.841 bits per heavy atom. The van der Waals surface area contributed by atoms with Crippen molar-refractivity contribution in [3.63, 3.8) is 0 Å². The lowest BCUT2D eigenvalue weighted by molar-refractivity contribution is -0.384. The second-order valence-electron chi connectivity index (χ2n) is 9.72. The Bertz CT molecular complexity index is 1740. The molecule has 0 saturated carbocycles. The normalized spacial score (nSPS) is 12.5. The van der Waals surface area contributed by atoms with Crippen molar-refractivity contribution in [3.8, 4) is 0 Å². The molecule has 0 atom stereocenters. The van der Waals surface area contributed by atoms with E-state index in [4.69, 9.17) is 0 Å². The Balaban J connectivity index is 1.23. The number of fused-ring (bicyclic) bond motifs is 1. The maximum absolute atomic E-state index is 13.4. The minimum absolute atomic E-state index is 0.0493. The third kappa shape index (κ3) is 7.08. The number of nitro groups is 1. The van der Waals surface area contributed by atoms with Gasteiger partial charge in [-0.2, -0.15) is 0 Å². The van der Waals surface area contributed by atoms with Crippen LogP contribution in [0, 0.1) is 10.1 Å². The molecule has 1 aliphatic heterocycles. The van der Waals surface area contributed by atoms with Crippen LogP contribution >= 0.6 is 11.8 Å². The van der Waals surface area contributed by atoms with E-state index in [9.17, 15) is 29.3 Å². The van der Waals surface area contributed by atoms with Crippen molar-refractivity contribution >= 4 is 52.8 Å². The standard InChI is InChI=1S/C33H26N4O6S/c38-30(23-8-2-1-3-9-23)35-29(20-22-14-16-25(17-15-22)37(42)43)31(39)34-24-10-6-11-26(21-24)44-19-7-18-36-32(40)27-12-4-5-13-28(27)33(36)41/h1-6,8-17,20-21H,7,18-19H2,(H,34,39)(H,35,38)/b29-20+. The van der Waals surface area contributed by atoms with Crippen molar-refractivity contribution < 1.29 is 24.1 Å². The Morgan fingerprint density at radius 3 is 2.16 bits per heavy atom. The van der Waals surface area contributed by atoms with Crippen LogP contribution in [0.2, 0.25) is 0 Å². The number of imide groups is 1. The number of rotatable bonds is 11. The summed E-state index contributed by atoms with van der Waals surface area (Å²) in [5.41, 5.74) is 2.03. The number of benzene rings is 4. The van der Waals surface area contributed by atoms with Crippen LogP contribution in [0.4, 0.5) is 11.4 Å². The maximum Gasteiger partial charge on any atom is 0.272 e. The number of anilines is 1. The molecule has 0 saturated heterocycles. The second-order valence-corrected chi connectivity index (χ2v) is 10.9. The fourth-order valence-electron chi connectivity index (χ4n) is 4.52. The van der Waals surface area contributed by atoms with E-state index in [1.807, 2.05) is 6.07 Å². The summed E-state index contributed by atoms with van der Waals surface area (Å²) in [7, 11) is 0. The van der Waals surface area contributed by atoms with E-state index in [0.29, 0.717) is 46.7 Å². The molecule has 10 nitrogen and oxygen atoms in total. The molecule has 0 aromatic heterocycles. The van der Waals surface area contributed by atoms with E-state index in [2.05, 4.69) is 10.6 Å². The zero-order valence-corrected chi connectivity index (χ0v) is 24.1. The molecule has 0 unspecified atom stereocenters. The third-order valence-electron chi connectivity index (χ3n) is 6.71. The van der Waals surface area contributed by atoms with Gasteiger partial charge in [0.15, 0.2) is 0 Å². The molecule has 44 heavy (non-hydrogen) atoms. The van der Waals surface area contributed by atoms with E-state index in [0.717, 1.165) is 4.90 Å². The molecule has 0 bridgehead atoms. The molecule has 0 aliphatic carbocycles. The molecule has 0 radical (unpaired) electrons. The highest BCUT2D eigenvalue weighted by Gasteiger charge is 2.34. The molecule has 2 N–H and O–H groups in total. The molecule has 11 heteroatoms. The molecule has 220 valence electrons. The van der Waals surface area contributed by atoms with Crippen LogP contribution in [0.1, 0.15) is 43.1 Å². The number of nitrogens with zero attached hydrogens (tertiary/aromatic N) is 2. The lowest BCUT2D eigenvalue weighted by atomic mass is 10.1. The second kappa shape index (κ2) is 13.6. The molecule has 5 rings (SSSR count).